The van der Waals surface area contributed by atoms with E-state index in [1.165, 1.54) is 0 Å². The van der Waals surface area contributed by atoms with E-state index in [0.717, 1.165) is 19.3 Å². The first-order chi connectivity index (χ1) is 7.74. The number of allylic oxidation sites excluding steroid dienone is 1. The van der Waals surface area contributed by atoms with Crippen LogP contribution < -0.4 is 0 Å². The summed E-state index contributed by atoms with van der Waals surface area (Å²) in [6.45, 7) is 3.77. The van der Waals surface area contributed by atoms with E-state index in [1.54, 1.807) is 0 Å². The molecule has 4 saturated carbocycles. The number of Topliss-reactive ketones (excluding diaryl/α,β-unsaturated/α-hetero) is 2. The first-order valence-electron chi connectivity index (χ1n) is 6.41. The molecule has 0 saturated heterocycles. The van der Waals surface area contributed by atoms with Gasteiger partial charge in [0.05, 0.1) is 0 Å². The fraction of sp³-hybridized carbons (Fsp3) is 0.714. The van der Waals surface area contributed by atoms with Gasteiger partial charge in [-0.3, -0.25) is 9.59 Å². The molecule has 4 fully saturated rings. The SMILES string of the molecule is C=CC[C@@H]1C(=O)[C@@H]2[C@H]3C[C@@H]4[C@@H](CC(=O)[C@H]42)[C@H]31. The van der Waals surface area contributed by atoms with Crippen LogP contribution in [0.2, 0.25) is 0 Å². The molecule has 0 N–H and O–H groups in total. The Labute approximate surface area is 95.1 Å². The Kier molecular flexibility index (Phi) is 1.52. The Hall–Kier alpha value is -0.920. The van der Waals surface area contributed by atoms with Crippen molar-refractivity contribution in [3.05, 3.63) is 12.7 Å². The quantitative estimate of drug-likeness (QED) is 0.660. The molecule has 0 spiro atoms. The van der Waals surface area contributed by atoms with Crippen molar-refractivity contribution in [2.45, 2.75) is 19.3 Å². The predicted molar refractivity (Wildman–Crippen MR) is 58.5 cm³/mol. The molecule has 2 nitrogen and oxygen atoms in total. The van der Waals surface area contributed by atoms with Crippen LogP contribution in [0.25, 0.3) is 0 Å². The summed E-state index contributed by atoms with van der Waals surface area (Å²) in [6, 6.07) is 0. The fourth-order valence-corrected chi connectivity index (χ4v) is 5.55. The monoisotopic (exact) mass is 216 g/mol. The molecule has 84 valence electrons. The van der Waals surface area contributed by atoms with Crippen molar-refractivity contribution in [2.24, 2.45) is 41.4 Å². The van der Waals surface area contributed by atoms with Gasteiger partial charge in [-0.05, 0) is 36.5 Å². The third kappa shape index (κ3) is 0.761. The zero-order valence-corrected chi connectivity index (χ0v) is 9.26. The molecule has 0 heterocycles. The van der Waals surface area contributed by atoms with Crippen LogP contribution in [-0.2, 0) is 9.59 Å². The van der Waals surface area contributed by atoms with Crippen LogP contribution in [0, 0.1) is 41.4 Å². The lowest BCUT2D eigenvalue weighted by Crippen LogP contribution is -2.26. The minimum absolute atomic E-state index is 0.117. The van der Waals surface area contributed by atoms with Crippen molar-refractivity contribution >= 4 is 11.6 Å². The Morgan fingerprint density at radius 3 is 2.75 bits per heavy atom. The van der Waals surface area contributed by atoms with Gasteiger partial charge in [0.2, 0.25) is 0 Å². The number of carbonyl (C=O) groups excluding carboxylic acids is 2. The molecule has 2 bridgehead atoms. The first-order valence-corrected chi connectivity index (χ1v) is 6.41. The maximum absolute atomic E-state index is 12.3. The van der Waals surface area contributed by atoms with E-state index in [0.29, 0.717) is 35.2 Å². The average Bonchev–Trinajstić information content (AvgIpc) is 2.87. The smallest absolute Gasteiger partial charge is 0.140 e. The molecule has 0 aromatic carbocycles. The number of rotatable bonds is 2. The van der Waals surface area contributed by atoms with Crippen LogP contribution in [0.5, 0.6) is 0 Å². The van der Waals surface area contributed by atoms with E-state index in [9.17, 15) is 9.59 Å². The fourth-order valence-electron chi connectivity index (χ4n) is 5.55. The Balaban J connectivity index is 1.81. The van der Waals surface area contributed by atoms with Crippen LogP contribution in [0.1, 0.15) is 19.3 Å². The summed E-state index contributed by atoms with van der Waals surface area (Å²) in [4.78, 5) is 24.3. The molecule has 0 aromatic heterocycles. The van der Waals surface area contributed by atoms with Crippen LogP contribution in [0.4, 0.5) is 0 Å². The normalized spacial score (nSPS) is 56.4. The summed E-state index contributed by atoms with van der Waals surface area (Å²) in [7, 11) is 0. The molecule has 4 rings (SSSR count). The van der Waals surface area contributed by atoms with E-state index >= 15 is 0 Å². The highest BCUT2D eigenvalue weighted by molar-refractivity contribution is 5.97. The first kappa shape index (κ1) is 9.15. The van der Waals surface area contributed by atoms with Gasteiger partial charge in [0.25, 0.3) is 0 Å². The average molecular weight is 216 g/mol. The summed E-state index contributed by atoms with van der Waals surface area (Å²) < 4.78 is 0. The minimum Gasteiger partial charge on any atom is -0.299 e. The van der Waals surface area contributed by atoms with Gasteiger partial charge in [-0.2, -0.15) is 0 Å². The summed E-state index contributed by atoms with van der Waals surface area (Å²) in [5, 5.41) is 0. The molecule has 7 atom stereocenters. The van der Waals surface area contributed by atoms with Crippen molar-refractivity contribution in [3.8, 4) is 0 Å². The Morgan fingerprint density at radius 2 is 2.00 bits per heavy atom. The molecule has 0 aliphatic heterocycles. The molecule has 16 heavy (non-hydrogen) atoms. The minimum atomic E-state index is 0.117. The van der Waals surface area contributed by atoms with Crippen molar-refractivity contribution in [3.63, 3.8) is 0 Å². The van der Waals surface area contributed by atoms with Gasteiger partial charge in [-0.15, -0.1) is 6.58 Å². The third-order valence-electron chi connectivity index (χ3n) is 5.78. The number of hydrogen-bond donors (Lipinski definition) is 0. The Morgan fingerprint density at radius 1 is 1.19 bits per heavy atom. The molecular formula is C14H16O2. The van der Waals surface area contributed by atoms with Crippen molar-refractivity contribution in [1.29, 1.82) is 0 Å². The van der Waals surface area contributed by atoms with Crippen molar-refractivity contribution < 1.29 is 9.59 Å². The highest BCUT2D eigenvalue weighted by Crippen LogP contribution is 2.70. The highest BCUT2D eigenvalue weighted by Gasteiger charge is 2.71. The Bertz CT molecular complexity index is 409. The molecule has 0 aromatic rings. The van der Waals surface area contributed by atoms with Crippen molar-refractivity contribution in [1.82, 2.24) is 0 Å². The largest absolute Gasteiger partial charge is 0.299 e. The second kappa shape index (κ2) is 2.66. The lowest BCUT2D eigenvalue weighted by molar-refractivity contribution is -0.131. The number of fused-ring (bicyclic) bond motifs is 2. The highest BCUT2D eigenvalue weighted by atomic mass is 16.1. The lowest BCUT2D eigenvalue weighted by Gasteiger charge is -2.25. The molecular weight excluding hydrogens is 200 g/mol. The van der Waals surface area contributed by atoms with E-state index < -0.39 is 0 Å². The van der Waals surface area contributed by atoms with Gasteiger partial charge in [0.1, 0.15) is 11.6 Å². The van der Waals surface area contributed by atoms with Gasteiger partial charge in [-0.25, -0.2) is 0 Å². The number of ketones is 2. The standard InChI is InChI=1S/C14H16O2/c1-2-3-6-11-8-5-10(15)12-7(8)4-9(11)13(12)14(6)16/h2,6-9,11-13H,1,3-5H2/t6-,7+,8+,9-,11+,12-,13+/m0/s1. The van der Waals surface area contributed by atoms with Gasteiger partial charge in [-0.1, -0.05) is 6.08 Å². The number of hydrogen-bond acceptors (Lipinski definition) is 2. The zero-order chi connectivity index (χ0) is 11.0. The second-order valence-corrected chi connectivity index (χ2v) is 6.06. The van der Waals surface area contributed by atoms with Crippen LogP contribution in [0.15, 0.2) is 12.7 Å². The zero-order valence-electron chi connectivity index (χ0n) is 9.26. The molecule has 4 aliphatic rings. The van der Waals surface area contributed by atoms with E-state index in [1.807, 2.05) is 6.08 Å². The van der Waals surface area contributed by atoms with E-state index in [-0.39, 0.29) is 17.8 Å². The lowest BCUT2D eigenvalue weighted by atomic mass is 9.78. The van der Waals surface area contributed by atoms with Crippen LogP contribution in [-0.4, -0.2) is 11.6 Å². The van der Waals surface area contributed by atoms with Crippen molar-refractivity contribution in [2.75, 3.05) is 0 Å². The van der Waals surface area contributed by atoms with Crippen LogP contribution >= 0.6 is 0 Å². The summed E-state index contributed by atoms with van der Waals surface area (Å²) in [5.74, 6) is 3.47. The molecule has 0 unspecified atom stereocenters. The predicted octanol–water partition coefficient (Wildman–Crippen LogP) is 1.85. The maximum atomic E-state index is 12.3. The summed E-state index contributed by atoms with van der Waals surface area (Å²) in [5.41, 5.74) is 0. The van der Waals surface area contributed by atoms with Gasteiger partial charge in [0, 0.05) is 24.2 Å². The molecule has 0 radical (unpaired) electrons. The topological polar surface area (TPSA) is 34.1 Å². The number of carbonyl (C=O) groups is 2. The molecule has 0 amide bonds. The van der Waals surface area contributed by atoms with Gasteiger partial charge < -0.3 is 0 Å². The summed E-state index contributed by atoms with van der Waals surface area (Å²) in [6.07, 6.45) is 4.65. The molecule has 4 aliphatic carbocycles. The third-order valence-corrected chi connectivity index (χ3v) is 5.78. The second-order valence-electron chi connectivity index (χ2n) is 6.06. The van der Waals surface area contributed by atoms with E-state index in [4.69, 9.17) is 0 Å². The van der Waals surface area contributed by atoms with Gasteiger partial charge >= 0.3 is 0 Å². The van der Waals surface area contributed by atoms with Gasteiger partial charge in [0.15, 0.2) is 0 Å². The van der Waals surface area contributed by atoms with Crippen LogP contribution in [0.3, 0.4) is 0 Å². The van der Waals surface area contributed by atoms with E-state index in [2.05, 4.69) is 6.58 Å². The summed E-state index contributed by atoms with van der Waals surface area (Å²) >= 11 is 0. The maximum Gasteiger partial charge on any atom is 0.140 e. The molecule has 2 heteroatoms.